The van der Waals surface area contributed by atoms with Gasteiger partial charge in [0.25, 0.3) is 5.92 Å². The highest BCUT2D eigenvalue weighted by Crippen LogP contribution is 2.44. The van der Waals surface area contributed by atoms with Gasteiger partial charge in [-0.15, -0.1) is 0 Å². The molecule has 0 amide bonds. The van der Waals surface area contributed by atoms with E-state index in [4.69, 9.17) is 0 Å². The summed E-state index contributed by atoms with van der Waals surface area (Å²) < 4.78 is 27.2. The molecule has 17 heavy (non-hydrogen) atoms. The highest BCUT2D eigenvalue weighted by Gasteiger charge is 2.40. The second-order valence-electron chi connectivity index (χ2n) is 4.69. The quantitative estimate of drug-likeness (QED) is 0.772. The zero-order chi connectivity index (χ0) is 12.5. The van der Waals surface area contributed by atoms with E-state index in [1.54, 1.807) is 12.1 Å². The molecule has 1 nitrogen and oxygen atoms in total. The second-order valence-corrected chi connectivity index (χ2v) is 4.69. The van der Waals surface area contributed by atoms with Crippen molar-refractivity contribution in [1.29, 1.82) is 5.26 Å². The van der Waals surface area contributed by atoms with Gasteiger partial charge in [-0.05, 0) is 30.9 Å². The minimum absolute atomic E-state index is 0.0269. The highest BCUT2D eigenvalue weighted by atomic mass is 19.3. The van der Waals surface area contributed by atoms with Crippen molar-refractivity contribution in [2.45, 2.75) is 43.9 Å². The maximum atomic E-state index is 13.6. The average Bonchev–Trinajstić information content (AvgIpc) is 2.29. The van der Waals surface area contributed by atoms with E-state index >= 15 is 0 Å². The van der Waals surface area contributed by atoms with Gasteiger partial charge in [-0.25, -0.2) is 8.78 Å². The van der Waals surface area contributed by atoms with Gasteiger partial charge in [-0.1, -0.05) is 25.1 Å². The van der Waals surface area contributed by atoms with Crippen LogP contribution in [-0.2, 0) is 11.3 Å². The Labute approximate surface area is 100 Å². The van der Waals surface area contributed by atoms with Gasteiger partial charge in [0.05, 0.1) is 11.5 Å². The van der Waals surface area contributed by atoms with E-state index in [-0.39, 0.29) is 12.0 Å². The van der Waals surface area contributed by atoms with Crippen LogP contribution >= 0.6 is 0 Å². The number of alkyl halides is 2. The molecular formula is C14H15F2N. The van der Waals surface area contributed by atoms with Crippen LogP contribution in [0.15, 0.2) is 24.3 Å². The predicted octanol–water partition coefficient (Wildman–Crippen LogP) is 4.13. The lowest BCUT2D eigenvalue weighted by molar-refractivity contribution is -0.00844. The van der Waals surface area contributed by atoms with Gasteiger partial charge in [0.15, 0.2) is 0 Å². The van der Waals surface area contributed by atoms with Gasteiger partial charge in [0, 0.05) is 12.0 Å². The van der Waals surface area contributed by atoms with Crippen molar-refractivity contribution in [3.8, 4) is 6.07 Å². The summed E-state index contributed by atoms with van der Waals surface area (Å²) in [5.41, 5.74) is 0.260. The minimum atomic E-state index is -2.80. The first-order chi connectivity index (χ1) is 8.04. The van der Waals surface area contributed by atoms with E-state index in [0.29, 0.717) is 0 Å². The number of rotatable bonds is 3. The van der Waals surface area contributed by atoms with Gasteiger partial charge < -0.3 is 0 Å². The third-order valence-corrected chi connectivity index (χ3v) is 3.70. The van der Waals surface area contributed by atoms with Crippen LogP contribution in [0, 0.1) is 11.3 Å². The standard InChI is InChI=1S/C14H15F2N/c1-2-14(15,16)12-6-3-5-11(9-12)13(10-17)7-4-8-13/h3,5-6,9H,2,4,7-8H2,1H3. The molecule has 0 aromatic heterocycles. The van der Waals surface area contributed by atoms with Crippen molar-refractivity contribution in [2.24, 2.45) is 0 Å². The molecule has 90 valence electrons. The van der Waals surface area contributed by atoms with Crippen molar-refractivity contribution in [3.63, 3.8) is 0 Å². The monoisotopic (exact) mass is 235 g/mol. The normalized spacial score (nSPS) is 18.2. The van der Waals surface area contributed by atoms with Crippen LogP contribution in [-0.4, -0.2) is 0 Å². The average molecular weight is 235 g/mol. The van der Waals surface area contributed by atoms with Crippen LogP contribution in [0.4, 0.5) is 8.78 Å². The minimum Gasteiger partial charge on any atom is -0.201 e. The summed E-state index contributed by atoms with van der Waals surface area (Å²) in [6.07, 6.45) is 2.35. The number of hydrogen-bond donors (Lipinski definition) is 0. The SMILES string of the molecule is CCC(F)(F)c1cccc(C2(C#N)CCC2)c1. The Hall–Kier alpha value is -1.43. The lowest BCUT2D eigenvalue weighted by atomic mass is 9.65. The molecule has 1 aliphatic carbocycles. The van der Waals surface area contributed by atoms with E-state index < -0.39 is 11.3 Å². The van der Waals surface area contributed by atoms with Crippen LogP contribution in [0.2, 0.25) is 0 Å². The van der Waals surface area contributed by atoms with Gasteiger partial charge in [0.2, 0.25) is 0 Å². The molecule has 0 bridgehead atoms. The molecule has 0 heterocycles. The van der Waals surface area contributed by atoms with E-state index in [1.807, 2.05) is 0 Å². The molecule has 2 rings (SSSR count). The molecule has 0 saturated heterocycles. The van der Waals surface area contributed by atoms with Gasteiger partial charge >= 0.3 is 0 Å². The van der Waals surface area contributed by atoms with Crippen molar-refractivity contribution in [2.75, 3.05) is 0 Å². The topological polar surface area (TPSA) is 23.8 Å². The molecule has 1 aromatic carbocycles. The Morgan fingerprint density at radius 2 is 2.12 bits per heavy atom. The third-order valence-electron chi connectivity index (χ3n) is 3.70. The van der Waals surface area contributed by atoms with Crippen LogP contribution in [0.25, 0.3) is 0 Å². The molecule has 0 spiro atoms. The maximum absolute atomic E-state index is 13.6. The number of nitrogens with zero attached hydrogens (tertiary/aromatic N) is 1. The van der Waals surface area contributed by atoms with E-state index in [9.17, 15) is 14.0 Å². The summed E-state index contributed by atoms with van der Waals surface area (Å²) in [4.78, 5) is 0. The summed E-state index contributed by atoms with van der Waals surface area (Å²) in [5.74, 6) is -2.80. The molecular weight excluding hydrogens is 220 g/mol. The summed E-state index contributed by atoms with van der Waals surface area (Å²) in [6.45, 7) is 1.47. The fourth-order valence-corrected chi connectivity index (χ4v) is 2.24. The molecule has 1 fully saturated rings. The fourth-order valence-electron chi connectivity index (χ4n) is 2.24. The summed E-state index contributed by atoms with van der Waals surface area (Å²) in [6, 6.07) is 8.65. The summed E-state index contributed by atoms with van der Waals surface area (Å²) >= 11 is 0. The molecule has 3 heteroatoms. The van der Waals surface area contributed by atoms with E-state index in [1.165, 1.54) is 19.1 Å². The van der Waals surface area contributed by atoms with Crippen LogP contribution in [0.5, 0.6) is 0 Å². The summed E-state index contributed by atoms with van der Waals surface area (Å²) in [5, 5.41) is 9.20. The van der Waals surface area contributed by atoms with E-state index in [0.717, 1.165) is 24.8 Å². The van der Waals surface area contributed by atoms with Crippen LogP contribution < -0.4 is 0 Å². The Bertz CT molecular complexity index is 456. The Balaban J connectivity index is 2.39. The Morgan fingerprint density at radius 1 is 1.41 bits per heavy atom. The second kappa shape index (κ2) is 4.10. The largest absolute Gasteiger partial charge is 0.273 e. The Morgan fingerprint density at radius 3 is 2.59 bits per heavy atom. The first-order valence-corrected chi connectivity index (χ1v) is 5.94. The Kier molecular flexibility index (Phi) is 2.91. The van der Waals surface area contributed by atoms with Crippen molar-refractivity contribution >= 4 is 0 Å². The molecule has 1 aliphatic rings. The highest BCUT2D eigenvalue weighted by molar-refractivity contribution is 5.38. The van der Waals surface area contributed by atoms with E-state index in [2.05, 4.69) is 6.07 Å². The number of hydrogen-bond acceptors (Lipinski definition) is 1. The molecule has 1 aromatic rings. The maximum Gasteiger partial charge on any atom is 0.273 e. The van der Waals surface area contributed by atoms with Crippen LogP contribution in [0.1, 0.15) is 43.7 Å². The van der Waals surface area contributed by atoms with Crippen molar-refractivity contribution < 1.29 is 8.78 Å². The van der Waals surface area contributed by atoms with Gasteiger partial charge in [-0.3, -0.25) is 0 Å². The van der Waals surface area contributed by atoms with Crippen molar-refractivity contribution in [3.05, 3.63) is 35.4 Å². The molecule has 0 radical (unpaired) electrons. The zero-order valence-electron chi connectivity index (χ0n) is 9.84. The van der Waals surface area contributed by atoms with Crippen molar-refractivity contribution in [1.82, 2.24) is 0 Å². The molecule has 0 atom stereocenters. The molecule has 0 N–H and O–H groups in total. The zero-order valence-corrected chi connectivity index (χ0v) is 9.84. The summed E-state index contributed by atoms with van der Waals surface area (Å²) in [7, 11) is 0. The number of nitriles is 1. The lowest BCUT2D eigenvalue weighted by Crippen LogP contribution is -2.32. The third kappa shape index (κ3) is 1.93. The number of benzene rings is 1. The molecule has 0 unspecified atom stereocenters. The smallest absolute Gasteiger partial charge is 0.201 e. The lowest BCUT2D eigenvalue weighted by Gasteiger charge is -2.36. The van der Waals surface area contributed by atoms with Gasteiger partial charge in [0.1, 0.15) is 0 Å². The molecule has 0 aliphatic heterocycles. The predicted molar refractivity (Wildman–Crippen MR) is 61.8 cm³/mol. The van der Waals surface area contributed by atoms with Crippen LogP contribution in [0.3, 0.4) is 0 Å². The first kappa shape index (κ1) is 12.0. The first-order valence-electron chi connectivity index (χ1n) is 5.94. The fraction of sp³-hybridized carbons (Fsp3) is 0.500. The number of halogens is 2. The van der Waals surface area contributed by atoms with Gasteiger partial charge in [-0.2, -0.15) is 5.26 Å². The molecule has 1 saturated carbocycles.